The van der Waals surface area contributed by atoms with Crippen LogP contribution in [-0.4, -0.2) is 14.8 Å². The predicted octanol–water partition coefficient (Wildman–Crippen LogP) is 5.64. The van der Waals surface area contributed by atoms with Gasteiger partial charge in [0.1, 0.15) is 0 Å². The third-order valence-electron chi connectivity index (χ3n) is 3.57. The topological polar surface area (TPSA) is 30.7 Å². The van der Waals surface area contributed by atoms with E-state index in [9.17, 15) is 0 Å². The minimum atomic E-state index is 0.877. The van der Waals surface area contributed by atoms with Crippen molar-refractivity contribution in [2.45, 2.75) is 37.7 Å². The Balaban J connectivity index is 1.79. The van der Waals surface area contributed by atoms with Gasteiger partial charge in [0.2, 0.25) is 0 Å². The molecule has 3 aromatic rings. The molecular weight excluding hydrogens is 390 g/mol. The number of rotatable bonds is 6. The molecule has 2 heterocycles. The van der Waals surface area contributed by atoms with Gasteiger partial charge in [0.25, 0.3) is 0 Å². The molecule has 0 saturated heterocycles. The Morgan fingerprint density at radius 1 is 1.17 bits per heavy atom. The normalized spacial score (nSPS) is 11.1. The highest BCUT2D eigenvalue weighted by Crippen LogP contribution is 2.29. The van der Waals surface area contributed by atoms with E-state index in [0.717, 1.165) is 34.2 Å². The number of hydrogen-bond donors (Lipinski definition) is 0. The summed E-state index contributed by atoms with van der Waals surface area (Å²) in [7, 11) is 0. The second kappa shape index (κ2) is 7.64. The van der Waals surface area contributed by atoms with Crippen LogP contribution in [0.4, 0.5) is 0 Å². The largest absolute Gasteiger partial charge is 0.302 e. The fraction of sp³-hybridized carbons (Fsp3) is 0.294. The summed E-state index contributed by atoms with van der Waals surface area (Å²) in [6.07, 6.45) is 1.07. The Bertz CT molecular complexity index is 777. The van der Waals surface area contributed by atoms with Crippen molar-refractivity contribution in [3.8, 4) is 11.4 Å². The van der Waals surface area contributed by atoms with Crippen LogP contribution < -0.4 is 0 Å². The number of hydrogen-bond acceptors (Lipinski definition) is 4. The van der Waals surface area contributed by atoms with Gasteiger partial charge in [-0.25, -0.2) is 0 Å². The van der Waals surface area contributed by atoms with Crippen LogP contribution in [0.1, 0.15) is 24.3 Å². The van der Waals surface area contributed by atoms with Gasteiger partial charge in [-0.05, 0) is 37.1 Å². The van der Waals surface area contributed by atoms with Crippen LogP contribution in [0.3, 0.4) is 0 Å². The fourth-order valence-corrected chi connectivity index (χ4v) is 4.34. The third-order valence-corrected chi connectivity index (χ3v) is 6.22. The zero-order valence-corrected chi connectivity index (χ0v) is 16.3. The van der Waals surface area contributed by atoms with Crippen LogP contribution in [0.25, 0.3) is 11.4 Å². The first-order valence-corrected chi connectivity index (χ1v) is 10.2. The summed E-state index contributed by atoms with van der Waals surface area (Å²) in [5.41, 5.74) is 2.46. The summed E-state index contributed by atoms with van der Waals surface area (Å²) in [5.74, 6) is 1.87. The highest BCUT2D eigenvalue weighted by molar-refractivity contribution is 9.10. The maximum absolute atomic E-state index is 4.42. The number of aryl methyl sites for hydroxylation is 1. The van der Waals surface area contributed by atoms with Crippen molar-refractivity contribution < 1.29 is 0 Å². The van der Waals surface area contributed by atoms with E-state index < -0.39 is 0 Å². The standard InChI is InChI=1S/C17H18BrN3S2/c1-3-15-9-13(11-22-15)16-19-20-17(21(16)4-2)23-10-12-5-7-14(18)8-6-12/h5-9,11H,3-4,10H2,1-2H3. The summed E-state index contributed by atoms with van der Waals surface area (Å²) in [4.78, 5) is 1.38. The van der Waals surface area contributed by atoms with Crippen molar-refractivity contribution >= 4 is 39.0 Å². The summed E-state index contributed by atoms with van der Waals surface area (Å²) >= 11 is 7.00. The van der Waals surface area contributed by atoms with E-state index in [1.807, 2.05) is 0 Å². The highest BCUT2D eigenvalue weighted by atomic mass is 79.9. The number of nitrogens with zero attached hydrogens (tertiary/aromatic N) is 3. The van der Waals surface area contributed by atoms with Crippen molar-refractivity contribution in [3.05, 3.63) is 50.6 Å². The van der Waals surface area contributed by atoms with E-state index >= 15 is 0 Å². The lowest BCUT2D eigenvalue weighted by atomic mass is 10.2. The molecule has 3 rings (SSSR count). The maximum atomic E-state index is 4.42. The van der Waals surface area contributed by atoms with Gasteiger partial charge in [-0.15, -0.1) is 21.5 Å². The van der Waals surface area contributed by atoms with E-state index in [2.05, 4.69) is 80.3 Å². The molecule has 2 aromatic heterocycles. The molecule has 0 amide bonds. The lowest BCUT2D eigenvalue weighted by Gasteiger charge is -2.06. The van der Waals surface area contributed by atoms with E-state index in [1.54, 1.807) is 23.1 Å². The molecule has 0 aliphatic rings. The predicted molar refractivity (Wildman–Crippen MR) is 102 cm³/mol. The molecule has 0 N–H and O–H groups in total. The fourth-order valence-electron chi connectivity index (χ4n) is 2.31. The van der Waals surface area contributed by atoms with Gasteiger partial charge >= 0.3 is 0 Å². The van der Waals surface area contributed by atoms with E-state index in [4.69, 9.17) is 0 Å². The van der Waals surface area contributed by atoms with Crippen molar-refractivity contribution in [1.29, 1.82) is 0 Å². The van der Waals surface area contributed by atoms with Crippen LogP contribution >= 0.6 is 39.0 Å². The lowest BCUT2D eigenvalue weighted by Crippen LogP contribution is -1.99. The monoisotopic (exact) mass is 407 g/mol. The van der Waals surface area contributed by atoms with Crippen LogP contribution in [0, 0.1) is 0 Å². The van der Waals surface area contributed by atoms with Gasteiger partial charge in [-0.3, -0.25) is 0 Å². The van der Waals surface area contributed by atoms with Gasteiger partial charge in [-0.2, -0.15) is 0 Å². The Kier molecular flexibility index (Phi) is 5.56. The van der Waals surface area contributed by atoms with Crippen LogP contribution in [0.15, 0.2) is 45.3 Å². The number of thiophene rings is 1. The molecule has 1 aromatic carbocycles. The molecule has 0 unspecified atom stereocenters. The molecule has 3 nitrogen and oxygen atoms in total. The second-order valence-corrected chi connectivity index (χ2v) is 7.97. The van der Waals surface area contributed by atoms with Crippen molar-refractivity contribution in [2.75, 3.05) is 0 Å². The van der Waals surface area contributed by atoms with E-state index in [-0.39, 0.29) is 0 Å². The average Bonchev–Trinajstić information content (AvgIpc) is 3.20. The van der Waals surface area contributed by atoms with E-state index in [0.29, 0.717) is 0 Å². The van der Waals surface area contributed by atoms with Gasteiger partial charge in [0.15, 0.2) is 11.0 Å². The molecule has 0 atom stereocenters. The molecule has 0 aliphatic heterocycles. The molecular formula is C17H18BrN3S2. The SMILES string of the molecule is CCc1cc(-c2nnc(SCc3ccc(Br)cc3)n2CC)cs1. The number of thioether (sulfide) groups is 1. The minimum Gasteiger partial charge on any atom is -0.302 e. The molecule has 23 heavy (non-hydrogen) atoms. The van der Waals surface area contributed by atoms with Gasteiger partial charge < -0.3 is 4.57 Å². The Morgan fingerprint density at radius 3 is 2.61 bits per heavy atom. The van der Waals surface area contributed by atoms with Crippen molar-refractivity contribution in [3.63, 3.8) is 0 Å². The summed E-state index contributed by atoms with van der Waals surface area (Å²) in [6.45, 7) is 5.20. The molecule has 120 valence electrons. The minimum absolute atomic E-state index is 0.877. The van der Waals surface area contributed by atoms with Gasteiger partial charge in [0, 0.05) is 32.6 Å². The van der Waals surface area contributed by atoms with Crippen molar-refractivity contribution in [1.82, 2.24) is 14.8 Å². The quantitative estimate of drug-likeness (QED) is 0.495. The zero-order chi connectivity index (χ0) is 16.2. The molecule has 0 aliphatic carbocycles. The van der Waals surface area contributed by atoms with Crippen LogP contribution in [0.2, 0.25) is 0 Å². The summed E-state index contributed by atoms with van der Waals surface area (Å²) < 4.78 is 3.31. The zero-order valence-electron chi connectivity index (χ0n) is 13.1. The molecule has 0 radical (unpaired) electrons. The number of aromatic nitrogens is 3. The second-order valence-electron chi connectivity index (χ2n) is 5.12. The molecule has 0 bridgehead atoms. The van der Waals surface area contributed by atoms with E-state index in [1.165, 1.54) is 16.0 Å². The summed E-state index contributed by atoms with van der Waals surface area (Å²) in [6, 6.07) is 10.6. The highest BCUT2D eigenvalue weighted by Gasteiger charge is 2.14. The molecule has 0 spiro atoms. The smallest absolute Gasteiger partial charge is 0.191 e. The maximum Gasteiger partial charge on any atom is 0.191 e. The number of benzene rings is 1. The molecule has 6 heteroatoms. The first-order valence-electron chi connectivity index (χ1n) is 7.59. The molecule has 0 fully saturated rings. The van der Waals surface area contributed by atoms with Crippen LogP contribution in [0.5, 0.6) is 0 Å². The average molecular weight is 408 g/mol. The first kappa shape index (κ1) is 16.7. The summed E-state index contributed by atoms with van der Waals surface area (Å²) in [5, 5.41) is 12.0. The Labute approximate surface area is 153 Å². The Morgan fingerprint density at radius 2 is 1.96 bits per heavy atom. The van der Waals surface area contributed by atoms with Gasteiger partial charge in [0.05, 0.1) is 0 Å². The molecule has 0 saturated carbocycles. The van der Waals surface area contributed by atoms with Gasteiger partial charge in [-0.1, -0.05) is 46.7 Å². The lowest BCUT2D eigenvalue weighted by molar-refractivity contribution is 0.687. The van der Waals surface area contributed by atoms with Crippen LogP contribution in [-0.2, 0) is 18.7 Å². The third kappa shape index (κ3) is 3.87. The first-order chi connectivity index (χ1) is 11.2. The number of halogens is 1. The Hall–Kier alpha value is -1.11. The van der Waals surface area contributed by atoms with Crippen molar-refractivity contribution in [2.24, 2.45) is 0 Å².